The van der Waals surface area contributed by atoms with Crippen LogP contribution in [0.1, 0.15) is 19.3 Å². The number of nitrogens with one attached hydrogen (secondary N) is 1. The average Bonchev–Trinajstić information content (AvgIpc) is 2.30. The molecule has 0 saturated carbocycles. The van der Waals surface area contributed by atoms with Gasteiger partial charge in [-0.2, -0.15) is 0 Å². The fourth-order valence-corrected chi connectivity index (χ4v) is 2.19. The average molecular weight is 219 g/mol. The number of hydrogen-bond donors (Lipinski definition) is 2. The molecule has 3 nitrogen and oxygen atoms in total. The van der Waals surface area contributed by atoms with Crippen LogP contribution < -0.4 is 11.1 Å². The van der Waals surface area contributed by atoms with Crippen LogP contribution in [-0.4, -0.2) is 31.1 Å². The van der Waals surface area contributed by atoms with Crippen LogP contribution in [-0.2, 0) is 0 Å². The molecule has 1 aliphatic rings. The van der Waals surface area contributed by atoms with E-state index in [9.17, 15) is 0 Å². The SMILES string of the molecule is Nc1cccc(NCCN2CCCCC2)c1. The second kappa shape index (κ2) is 5.75. The number of nitrogens with zero attached hydrogens (tertiary/aromatic N) is 1. The highest BCUT2D eigenvalue weighted by molar-refractivity contribution is 5.53. The van der Waals surface area contributed by atoms with E-state index in [0.29, 0.717) is 0 Å². The van der Waals surface area contributed by atoms with Gasteiger partial charge in [0.2, 0.25) is 0 Å². The molecule has 0 radical (unpaired) electrons. The lowest BCUT2D eigenvalue weighted by Gasteiger charge is -2.26. The summed E-state index contributed by atoms with van der Waals surface area (Å²) in [5, 5.41) is 3.41. The van der Waals surface area contributed by atoms with E-state index < -0.39 is 0 Å². The predicted octanol–water partition coefficient (Wildman–Crippen LogP) is 2.17. The number of anilines is 2. The molecule has 1 heterocycles. The van der Waals surface area contributed by atoms with E-state index in [0.717, 1.165) is 24.5 Å². The van der Waals surface area contributed by atoms with Crippen LogP contribution in [0.5, 0.6) is 0 Å². The van der Waals surface area contributed by atoms with E-state index in [4.69, 9.17) is 5.73 Å². The number of piperidine rings is 1. The summed E-state index contributed by atoms with van der Waals surface area (Å²) >= 11 is 0. The van der Waals surface area contributed by atoms with E-state index >= 15 is 0 Å². The molecule has 1 aromatic rings. The Bertz CT molecular complexity index is 319. The summed E-state index contributed by atoms with van der Waals surface area (Å²) in [6.45, 7) is 4.66. The first-order chi connectivity index (χ1) is 7.84. The van der Waals surface area contributed by atoms with Crippen molar-refractivity contribution < 1.29 is 0 Å². The molecule has 1 saturated heterocycles. The highest BCUT2D eigenvalue weighted by atomic mass is 15.1. The van der Waals surface area contributed by atoms with Gasteiger partial charge in [0, 0.05) is 24.5 Å². The molecule has 1 aliphatic heterocycles. The molecule has 0 aromatic heterocycles. The third-order valence-corrected chi connectivity index (χ3v) is 3.09. The van der Waals surface area contributed by atoms with Gasteiger partial charge in [-0.25, -0.2) is 0 Å². The van der Waals surface area contributed by atoms with Crippen LogP contribution in [0.3, 0.4) is 0 Å². The quantitative estimate of drug-likeness (QED) is 0.763. The van der Waals surface area contributed by atoms with Crippen molar-refractivity contribution in [3.63, 3.8) is 0 Å². The van der Waals surface area contributed by atoms with Gasteiger partial charge in [-0.15, -0.1) is 0 Å². The van der Waals surface area contributed by atoms with E-state index in [-0.39, 0.29) is 0 Å². The molecule has 0 atom stereocenters. The third-order valence-electron chi connectivity index (χ3n) is 3.09. The molecule has 3 N–H and O–H groups in total. The second-order valence-electron chi connectivity index (χ2n) is 4.45. The summed E-state index contributed by atoms with van der Waals surface area (Å²) in [7, 11) is 0. The van der Waals surface area contributed by atoms with Crippen molar-refractivity contribution in [2.75, 3.05) is 37.2 Å². The summed E-state index contributed by atoms with van der Waals surface area (Å²) < 4.78 is 0. The Kier molecular flexibility index (Phi) is 4.05. The molecule has 16 heavy (non-hydrogen) atoms. The maximum atomic E-state index is 5.72. The lowest BCUT2D eigenvalue weighted by Crippen LogP contribution is -2.33. The van der Waals surface area contributed by atoms with E-state index in [1.54, 1.807) is 0 Å². The zero-order chi connectivity index (χ0) is 11.2. The molecule has 0 bridgehead atoms. The fraction of sp³-hybridized carbons (Fsp3) is 0.538. The highest BCUT2D eigenvalue weighted by Crippen LogP contribution is 2.12. The fourth-order valence-electron chi connectivity index (χ4n) is 2.19. The number of nitrogen functional groups attached to an aromatic ring is 1. The lowest BCUT2D eigenvalue weighted by molar-refractivity contribution is 0.237. The Labute approximate surface area is 97.6 Å². The lowest BCUT2D eigenvalue weighted by atomic mass is 10.1. The molecule has 0 spiro atoms. The van der Waals surface area contributed by atoms with Crippen molar-refractivity contribution in [1.29, 1.82) is 0 Å². The summed E-state index contributed by atoms with van der Waals surface area (Å²) in [6.07, 6.45) is 4.12. The van der Waals surface area contributed by atoms with Crippen LogP contribution in [0.25, 0.3) is 0 Å². The summed E-state index contributed by atoms with van der Waals surface area (Å²) in [6, 6.07) is 7.94. The number of rotatable bonds is 4. The van der Waals surface area contributed by atoms with Crippen LogP contribution >= 0.6 is 0 Å². The van der Waals surface area contributed by atoms with Gasteiger partial charge in [0.25, 0.3) is 0 Å². The van der Waals surface area contributed by atoms with Crippen molar-refractivity contribution in [2.45, 2.75) is 19.3 Å². The highest BCUT2D eigenvalue weighted by Gasteiger charge is 2.08. The van der Waals surface area contributed by atoms with E-state index in [1.165, 1.54) is 32.4 Å². The van der Waals surface area contributed by atoms with Gasteiger partial charge in [-0.3, -0.25) is 0 Å². The maximum absolute atomic E-state index is 5.72. The Morgan fingerprint density at radius 2 is 2.00 bits per heavy atom. The van der Waals surface area contributed by atoms with Crippen LogP contribution in [0.4, 0.5) is 11.4 Å². The molecule has 0 aliphatic carbocycles. The minimum Gasteiger partial charge on any atom is -0.399 e. The summed E-state index contributed by atoms with van der Waals surface area (Å²) in [5.41, 5.74) is 7.67. The third kappa shape index (κ3) is 3.42. The first-order valence-corrected chi connectivity index (χ1v) is 6.16. The minimum absolute atomic E-state index is 0.822. The minimum atomic E-state index is 0.822. The monoisotopic (exact) mass is 219 g/mol. The summed E-state index contributed by atoms with van der Waals surface area (Å²) in [4.78, 5) is 2.53. The van der Waals surface area contributed by atoms with Gasteiger partial charge in [-0.1, -0.05) is 12.5 Å². The predicted molar refractivity (Wildman–Crippen MR) is 69.6 cm³/mol. The Balaban J connectivity index is 1.71. The second-order valence-corrected chi connectivity index (χ2v) is 4.45. The largest absolute Gasteiger partial charge is 0.399 e. The Morgan fingerprint density at radius 1 is 1.19 bits per heavy atom. The van der Waals surface area contributed by atoms with Crippen LogP contribution in [0.15, 0.2) is 24.3 Å². The smallest absolute Gasteiger partial charge is 0.0361 e. The van der Waals surface area contributed by atoms with Crippen molar-refractivity contribution in [2.24, 2.45) is 0 Å². The summed E-state index contributed by atoms with van der Waals surface area (Å²) in [5.74, 6) is 0. The zero-order valence-corrected chi connectivity index (χ0v) is 9.78. The van der Waals surface area contributed by atoms with E-state index in [2.05, 4.69) is 16.3 Å². The molecule has 1 aromatic carbocycles. The zero-order valence-electron chi connectivity index (χ0n) is 9.78. The topological polar surface area (TPSA) is 41.3 Å². The molecule has 0 amide bonds. The van der Waals surface area contributed by atoms with Crippen molar-refractivity contribution in [1.82, 2.24) is 4.90 Å². The standard InChI is InChI=1S/C13H21N3/c14-12-5-4-6-13(11-12)15-7-10-16-8-2-1-3-9-16/h4-6,11,15H,1-3,7-10,14H2. The Morgan fingerprint density at radius 3 is 2.75 bits per heavy atom. The molecule has 2 rings (SSSR count). The molecule has 88 valence electrons. The van der Waals surface area contributed by atoms with Gasteiger partial charge in [0.15, 0.2) is 0 Å². The first kappa shape index (κ1) is 11.3. The van der Waals surface area contributed by atoms with Gasteiger partial charge < -0.3 is 16.0 Å². The molecule has 0 unspecified atom stereocenters. The molecular weight excluding hydrogens is 198 g/mol. The Hall–Kier alpha value is -1.22. The molecule has 3 heteroatoms. The normalized spacial score (nSPS) is 17.2. The molecular formula is C13H21N3. The van der Waals surface area contributed by atoms with Crippen molar-refractivity contribution in [3.05, 3.63) is 24.3 Å². The van der Waals surface area contributed by atoms with E-state index in [1.807, 2.05) is 18.2 Å². The first-order valence-electron chi connectivity index (χ1n) is 6.16. The number of benzene rings is 1. The van der Waals surface area contributed by atoms with Crippen LogP contribution in [0, 0.1) is 0 Å². The molecule has 1 fully saturated rings. The van der Waals surface area contributed by atoms with Gasteiger partial charge in [0.1, 0.15) is 0 Å². The van der Waals surface area contributed by atoms with Crippen molar-refractivity contribution in [3.8, 4) is 0 Å². The number of nitrogens with two attached hydrogens (primary N) is 1. The van der Waals surface area contributed by atoms with Crippen LogP contribution in [0.2, 0.25) is 0 Å². The number of hydrogen-bond acceptors (Lipinski definition) is 3. The maximum Gasteiger partial charge on any atom is 0.0361 e. The van der Waals surface area contributed by atoms with Gasteiger partial charge in [0.05, 0.1) is 0 Å². The van der Waals surface area contributed by atoms with Gasteiger partial charge >= 0.3 is 0 Å². The van der Waals surface area contributed by atoms with Crippen molar-refractivity contribution >= 4 is 11.4 Å². The number of likely N-dealkylation sites (tertiary alicyclic amines) is 1. The van der Waals surface area contributed by atoms with Gasteiger partial charge in [-0.05, 0) is 44.1 Å².